The Balaban J connectivity index is 3.08. The van der Waals surface area contributed by atoms with Crippen LogP contribution in [0.5, 0.6) is 0 Å². The molecule has 1 rings (SSSR count). The summed E-state index contributed by atoms with van der Waals surface area (Å²) in [7, 11) is 0.741. The molecule has 0 fully saturated rings. The fourth-order valence-electron chi connectivity index (χ4n) is 1.52. The first-order chi connectivity index (χ1) is 9.20. The third-order valence-corrected chi connectivity index (χ3v) is 4.68. The molecule has 108 valence electrons. The quantitative estimate of drug-likeness (QED) is 0.813. The Morgan fingerprint density at radius 3 is 2.35 bits per heavy atom. The van der Waals surface area contributed by atoms with E-state index < -0.39 is 10.0 Å². The number of carbonyl (C=O) groups is 1. The Morgan fingerprint density at radius 2 is 1.90 bits per heavy atom. The molecule has 1 amide bonds. The van der Waals surface area contributed by atoms with Crippen LogP contribution in [0.4, 0.5) is 0 Å². The van der Waals surface area contributed by atoms with Gasteiger partial charge < -0.3 is 4.90 Å². The van der Waals surface area contributed by atoms with Gasteiger partial charge in [0.2, 0.25) is 15.9 Å². The topological polar surface area (TPSA) is 81.5 Å². The maximum Gasteiger partial charge on any atom is 0.243 e. The standard InChI is InChI=1S/C13H17N3O3S/c1-10-7-12(6-5-11(10)8-14)20(18,19)16(4)9-13(17)15(2)3/h5-7H,9H2,1-4H3. The summed E-state index contributed by atoms with van der Waals surface area (Å²) in [5, 5.41) is 8.84. The summed E-state index contributed by atoms with van der Waals surface area (Å²) in [6.07, 6.45) is 0. The lowest BCUT2D eigenvalue weighted by Crippen LogP contribution is -2.37. The molecule has 0 aliphatic carbocycles. The normalized spacial score (nSPS) is 11.2. The van der Waals surface area contributed by atoms with Crippen molar-refractivity contribution < 1.29 is 13.2 Å². The van der Waals surface area contributed by atoms with E-state index in [9.17, 15) is 13.2 Å². The van der Waals surface area contributed by atoms with Crippen molar-refractivity contribution in [2.75, 3.05) is 27.7 Å². The lowest BCUT2D eigenvalue weighted by Gasteiger charge is -2.19. The molecule has 1 aromatic carbocycles. The van der Waals surface area contributed by atoms with Crippen LogP contribution >= 0.6 is 0 Å². The average Bonchev–Trinajstić information content (AvgIpc) is 2.38. The first-order valence-corrected chi connectivity index (χ1v) is 7.31. The number of aryl methyl sites for hydroxylation is 1. The lowest BCUT2D eigenvalue weighted by atomic mass is 10.1. The number of nitrogens with zero attached hydrogens (tertiary/aromatic N) is 3. The smallest absolute Gasteiger partial charge is 0.243 e. The molecule has 0 aliphatic rings. The van der Waals surface area contributed by atoms with Gasteiger partial charge in [0.1, 0.15) is 0 Å². The van der Waals surface area contributed by atoms with E-state index in [0.29, 0.717) is 11.1 Å². The first-order valence-electron chi connectivity index (χ1n) is 5.87. The average molecular weight is 295 g/mol. The largest absolute Gasteiger partial charge is 0.348 e. The zero-order valence-electron chi connectivity index (χ0n) is 11.9. The van der Waals surface area contributed by atoms with Crippen LogP contribution in [0, 0.1) is 18.3 Å². The van der Waals surface area contributed by atoms with Crippen LogP contribution in [0.1, 0.15) is 11.1 Å². The molecular weight excluding hydrogens is 278 g/mol. The van der Waals surface area contributed by atoms with Crippen molar-refractivity contribution in [3.8, 4) is 6.07 Å². The highest BCUT2D eigenvalue weighted by atomic mass is 32.2. The van der Waals surface area contributed by atoms with Crippen LogP contribution < -0.4 is 0 Å². The van der Waals surface area contributed by atoms with Crippen LogP contribution in [-0.2, 0) is 14.8 Å². The van der Waals surface area contributed by atoms with E-state index in [1.807, 2.05) is 6.07 Å². The van der Waals surface area contributed by atoms with Gasteiger partial charge in [-0.2, -0.15) is 9.57 Å². The predicted molar refractivity (Wildman–Crippen MR) is 74.4 cm³/mol. The summed E-state index contributed by atoms with van der Waals surface area (Å²) in [6.45, 7) is 1.44. The molecule has 0 aliphatic heterocycles. The summed E-state index contributed by atoms with van der Waals surface area (Å²) in [4.78, 5) is 13.0. The second-order valence-corrected chi connectivity index (χ2v) is 6.68. The Hall–Kier alpha value is -1.91. The zero-order chi connectivity index (χ0) is 15.5. The van der Waals surface area contributed by atoms with E-state index in [2.05, 4.69) is 0 Å². The third-order valence-electron chi connectivity index (χ3n) is 2.88. The highest BCUT2D eigenvalue weighted by Gasteiger charge is 2.24. The lowest BCUT2D eigenvalue weighted by molar-refractivity contribution is -0.128. The second-order valence-electron chi connectivity index (χ2n) is 4.64. The summed E-state index contributed by atoms with van der Waals surface area (Å²) < 4.78 is 25.6. The number of hydrogen-bond acceptors (Lipinski definition) is 4. The summed E-state index contributed by atoms with van der Waals surface area (Å²) in [6, 6.07) is 6.25. The molecule has 7 heteroatoms. The minimum atomic E-state index is -3.74. The van der Waals surface area contributed by atoms with E-state index in [0.717, 1.165) is 4.31 Å². The van der Waals surface area contributed by atoms with Crippen LogP contribution in [0.2, 0.25) is 0 Å². The highest BCUT2D eigenvalue weighted by molar-refractivity contribution is 7.89. The summed E-state index contributed by atoms with van der Waals surface area (Å²) >= 11 is 0. The molecule has 0 saturated carbocycles. The third kappa shape index (κ3) is 3.35. The molecule has 6 nitrogen and oxygen atoms in total. The SMILES string of the molecule is Cc1cc(S(=O)(=O)N(C)CC(=O)N(C)C)ccc1C#N. The molecule has 0 spiro atoms. The number of benzene rings is 1. The fourth-order valence-corrected chi connectivity index (χ4v) is 2.72. The van der Waals surface area contributed by atoms with Crippen molar-refractivity contribution >= 4 is 15.9 Å². The summed E-state index contributed by atoms with van der Waals surface area (Å²) in [5.74, 6) is -0.304. The van der Waals surface area contributed by atoms with Gasteiger partial charge in [-0.25, -0.2) is 8.42 Å². The van der Waals surface area contributed by atoms with Crippen LogP contribution in [0.3, 0.4) is 0 Å². The molecular formula is C13H17N3O3S. The molecule has 20 heavy (non-hydrogen) atoms. The Bertz CT molecular complexity index is 660. The van der Waals surface area contributed by atoms with Crippen LogP contribution in [0.25, 0.3) is 0 Å². The van der Waals surface area contributed by atoms with Gasteiger partial charge in [0, 0.05) is 21.1 Å². The Kier molecular flexibility index (Phi) is 4.87. The van der Waals surface area contributed by atoms with Crippen LogP contribution in [-0.4, -0.2) is 51.2 Å². The minimum Gasteiger partial charge on any atom is -0.348 e. The number of hydrogen-bond donors (Lipinski definition) is 0. The van der Waals surface area contributed by atoms with E-state index in [1.54, 1.807) is 21.0 Å². The van der Waals surface area contributed by atoms with Gasteiger partial charge in [-0.05, 0) is 30.7 Å². The molecule has 0 atom stereocenters. The molecule has 0 heterocycles. The van der Waals surface area contributed by atoms with Crippen LogP contribution in [0.15, 0.2) is 23.1 Å². The van der Waals surface area contributed by atoms with Gasteiger partial charge in [0.25, 0.3) is 0 Å². The molecule has 0 N–H and O–H groups in total. The number of nitriles is 1. The van der Waals surface area contributed by atoms with Crippen molar-refractivity contribution in [1.82, 2.24) is 9.21 Å². The van der Waals surface area contributed by atoms with Gasteiger partial charge in [0.05, 0.1) is 23.1 Å². The van der Waals surface area contributed by atoms with Crippen molar-refractivity contribution in [2.24, 2.45) is 0 Å². The molecule has 1 aromatic rings. The van der Waals surface area contributed by atoms with Gasteiger partial charge in [0.15, 0.2) is 0 Å². The monoisotopic (exact) mass is 295 g/mol. The number of carbonyl (C=O) groups excluding carboxylic acids is 1. The van der Waals surface area contributed by atoms with Crippen molar-refractivity contribution in [1.29, 1.82) is 5.26 Å². The first kappa shape index (κ1) is 16.1. The predicted octanol–water partition coefficient (Wildman–Crippen LogP) is 0.575. The summed E-state index contributed by atoms with van der Waals surface area (Å²) in [5.41, 5.74) is 1.01. The maximum atomic E-state index is 12.3. The number of sulfonamides is 1. The molecule has 0 bridgehead atoms. The minimum absolute atomic E-state index is 0.0723. The van der Waals surface area contributed by atoms with Crippen molar-refractivity contribution in [3.63, 3.8) is 0 Å². The fraction of sp³-hybridized carbons (Fsp3) is 0.385. The van der Waals surface area contributed by atoms with Gasteiger partial charge >= 0.3 is 0 Å². The van der Waals surface area contributed by atoms with Crippen molar-refractivity contribution in [3.05, 3.63) is 29.3 Å². The zero-order valence-corrected chi connectivity index (χ0v) is 12.7. The molecule has 0 radical (unpaired) electrons. The number of likely N-dealkylation sites (N-methyl/N-ethyl adjacent to an activating group) is 2. The van der Waals surface area contributed by atoms with Gasteiger partial charge in [-0.15, -0.1) is 0 Å². The van der Waals surface area contributed by atoms with Gasteiger partial charge in [-0.3, -0.25) is 4.79 Å². The van der Waals surface area contributed by atoms with Crippen molar-refractivity contribution in [2.45, 2.75) is 11.8 Å². The van der Waals surface area contributed by atoms with E-state index in [4.69, 9.17) is 5.26 Å². The van der Waals surface area contributed by atoms with E-state index in [1.165, 1.54) is 30.1 Å². The molecule has 0 aromatic heterocycles. The molecule has 0 unspecified atom stereocenters. The number of amides is 1. The second kappa shape index (κ2) is 6.03. The maximum absolute atomic E-state index is 12.3. The van der Waals surface area contributed by atoms with E-state index in [-0.39, 0.29) is 17.3 Å². The molecule has 0 saturated heterocycles. The van der Waals surface area contributed by atoms with E-state index >= 15 is 0 Å². The Labute approximate surface area is 119 Å². The number of rotatable bonds is 4. The van der Waals surface area contributed by atoms with Gasteiger partial charge in [-0.1, -0.05) is 0 Å². The highest BCUT2D eigenvalue weighted by Crippen LogP contribution is 2.18. The Morgan fingerprint density at radius 1 is 1.30 bits per heavy atom.